The van der Waals surface area contributed by atoms with Gasteiger partial charge >= 0.3 is 6.18 Å². The minimum atomic E-state index is -4.38. The lowest BCUT2D eigenvalue weighted by Crippen LogP contribution is -2.27. The number of para-hydroxylation sites is 1. The van der Waals surface area contributed by atoms with E-state index in [0.29, 0.717) is 17.3 Å². The molecule has 0 fully saturated rings. The predicted molar refractivity (Wildman–Crippen MR) is 99.1 cm³/mol. The van der Waals surface area contributed by atoms with Crippen molar-refractivity contribution in [2.45, 2.75) is 51.4 Å². The molecular formula is C20H24F3OP. The average Bonchev–Trinajstić information content (AvgIpc) is 2.55. The number of alkyl halides is 3. The van der Waals surface area contributed by atoms with E-state index in [4.69, 9.17) is 0 Å². The van der Waals surface area contributed by atoms with Crippen LogP contribution in [0.4, 0.5) is 13.2 Å². The number of aromatic hydroxyl groups is 1. The molecule has 2 rings (SSSR count). The van der Waals surface area contributed by atoms with Crippen LogP contribution in [0.25, 0.3) is 0 Å². The molecule has 2 aromatic carbocycles. The molecule has 0 radical (unpaired) electrons. The molecule has 2 atom stereocenters. The number of aryl methyl sites for hydroxylation is 1. The quantitative estimate of drug-likeness (QED) is 0.608. The summed E-state index contributed by atoms with van der Waals surface area (Å²) in [5.41, 5.74) is 0.835. The highest BCUT2D eigenvalue weighted by Crippen LogP contribution is 2.52. The van der Waals surface area contributed by atoms with Gasteiger partial charge in [-0.2, -0.15) is 13.2 Å². The number of rotatable bonds is 6. The summed E-state index contributed by atoms with van der Waals surface area (Å²) in [4.78, 5) is 0. The lowest BCUT2D eigenvalue weighted by atomic mass is 9.90. The summed E-state index contributed by atoms with van der Waals surface area (Å²) in [6.07, 6.45) is -2.14. The van der Waals surface area contributed by atoms with Crippen molar-refractivity contribution in [1.82, 2.24) is 0 Å². The van der Waals surface area contributed by atoms with Crippen LogP contribution >= 0.6 is 8.58 Å². The van der Waals surface area contributed by atoms with Crippen molar-refractivity contribution in [3.8, 4) is 5.75 Å². The first-order valence-electron chi connectivity index (χ1n) is 8.48. The SMILES string of the molecule is CCCC(CC)(Pc1c(C)cccc1C(F)(F)F)c1ccccc1O. The molecule has 0 aliphatic carbocycles. The number of hydrogen-bond acceptors (Lipinski definition) is 1. The molecular weight excluding hydrogens is 344 g/mol. The number of hydrogen-bond donors (Lipinski definition) is 1. The van der Waals surface area contributed by atoms with E-state index in [1.807, 2.05) is 26.0 Å². The molecule has 0 heterocycles. The van der Waals surface area contributed by atoms with E-state index < -0.39 is 16.9 Å². The fourth-order valence-electron chi connectivity index (χ4n) is 3.33. The van der Waals surface area contributed by atoms with Crippen LogP contribution < -0.4 is 5.30 Å². The molecule has 5 heteroatoms. The summed E-state index contributed by atoms with van der Waals surface area (Å²) in [5.74, 6) is 0.160. The van der Waals surface area contributed by atoms with Crippen molar-refractivity contribution in [2.24, 2.45) is 0 Å². The summed E-state index contributed by atoms with van der Waals surface area (Å²) in [6.45, 7) is 5.74. The molecule has 0 amide bonds. The van der Waals surface area contributed by atoms with Gasteiger partial charge in [-0.1, -0.05) is 59.2 Å². The van der Waals surface area contributed by atoms with Crippen molar-refractivity contribution in [2.75, 3.05) is 0 Å². The van der Waals surface area contributed by atoms with E-state index >= 15 is 0 Å². The van der Waals surface area contributed by atoms with Gasteiger partial charge in [0.2, 0.25) is 0 Å². The van der Waals surface area contributed by atoms with Gasteiger partial charge < -0.3 is 5.11 Å². The summed E-state index contributed by atoms with van der Waals surface area (Å²) < 4.78 is 40.6. The molecule has 2 unspecified atom stereocenters. The number of benzene rings is 2. The zero-order valence-corrected chi connectivity index (χ0v) is 15.7. The first-order valence-corrected chi connectivity index (χ1v) is 9.48. The minimum Gasteiger partial charge on any atom is -0.508 e. The van der Waals surface area contributed by atoms with E-state index in [0.717, 1.165) is 24.5 Å². The number of halogens is 3. The van der Waals surface area contributed by atoms with Crippen LogP contribution in [-0.4, -0.2) is 5.11 Å². The van der Waals surface area contributed by atoms with E-state index in [-0.39, 0.29) is 14.3 Å². The Morgan fingerprint density at radius 2 is 1.60 bits per heavy atom. The third-order valence-corrected chi connectivity index (χ3v) is 6.91. The first kappa shape index (κ1) is 19.8. The number of phenols is 1. The van der Waals surface area contributed by atoms with Crippen LogP contribution in [-0.2, 0) is 11.3 Å². The molecule has 0 aliphatic heterocycles. The van der Waals surface area contributed by atoms with Gasteiger partial charge in [0.25, 0.3) is 0 Å². The van der Waals surface area contributed by atoms with Crippen LogP contribution in [0.2, 0.25) is 0 Å². The summed E-state index contributed by atoms with van der Waals surface area (Å²) in [6, 6.07) is 11.4. The van der Waals surface area contributed by atoms with Gasteiger partial charge in [-0.05, 0) is 42.8 Å². The van der Waals surface area contributed by atoms with Crippen LogP contribution in [0.5, 0.6) is 5.75 Å². The van der Waals surface area contributed by atoms with Gasteiger partial charge in [0.15, 0.2) is 0 Å². The van der Waals surface area contributed by atoms with Gasteiger partial charge in [-0.3, -0.25) is 0 Å². The monoisotopic (exact) mass is 368 g/mol. The highest BCUT2D eigenvalue weighted by molar-refractivity contribution is 7.48. The Labute approximate surface area is 149 Å². The van der Waals surface area contributed by atoms with Crippen molar-refractivity contribution in [1.29, 1.82) is 0 Å². The smallest absolute Gasteiger partial charge is 0.417 e. The van der Waals surface area contributed by atoms with Crippen molar-refractivity contribution >= 4 is 13.9 Å². The molecule has 0 aliphatic rings. The fraction of sp³-hybridized carbons (Fsp3) is 0.400. The summed E-state index contributed by atoms with van der Waals surface area (Å²) in [7, 11) is -0.0622. The van der Waals surface area contributed by atoms with Crippen LogP contribution in [0.15, 0.2) is 42.5 Å². The lowest BCUT2D eigenvalue weighted by molar-refractivity contribution is -0.136. The Morgan fingerprint density at radius 3 is 2.16 bits per heavy atom. The van der Waals surface area contributed by atoms with Crippen molar-refractivity contribution in [3.05, 3.63) is 59.2 Å². The normalized spacial score (nSPS) is 14.8. The third kappa shape index (κ3) is 4.17. The molecule has 0 spiro atoms. The molecule has 0 saturated carbocycles. The van der Waals surface area contributed by atoms with Crippen molar-refractivity contribution < 1.29 is 18.3 Å². The standard InChI is InChI=1S/C20H24F3OP/c1-4-13-19(5-2,15-10-6-7-12-17(15)24)25-18-14(3)9-8-11-16(18)20(21,22)23/h6-12,24-25H,4-5,13H2,1-3H3. The third-order valence-electron chi connectivity index (χ3n) is 4.64. The summed E-state index contributed by atoms with van der Waals surface area (Å²) >= 11 is 0. The van der Waals surface area contributed by atoms with Gasteiger partial charge in [0, 0.05) is 10.7 Å². The maximum Gasteiger partial charge on any atom is 0.417 e. The second-order valence-electron chi connectivity index (χ2n) is 6.32. The van der Waals surface area contributed by atoms with Gasteiger partial charge in [-0.25, -0.2) is 0 Å². The Kier molecular flexibility index (Phi) is 6.16. The van der Waals surface area contributed by atoms with Crippen molar-refractivity contribution in [3.63, 3.8) is 0 Å². The van der Waals surface area contributed by atoms with E-state index in [1.165, 1.54) is 6.07 Å². The molecule has 2 aromatic rings. The molecule has 1 nitrogen and oxygen atoms in total. The molecule has 0 saturated heterocycles. The maximum atomic E-state index is 13.5. The van der Waals surface area contributed by atoms with Gasteiger partial charge in [0.05, 0.1) is 5.56 Å². The second-order valence-corrected chi connectivity index (χ2v) is 8.03. The number of phenolic OH excluding ortho intramolecular Hbond substituents is 1. The van der Waals surface area contributed by atoms with E-state index in [2.05, 4.69) is 0 Å². The topological polar surface area (TPSA) is 20.2 Å². The minimum absolute atomic E-state index is 0.0622. The van der Waals surface area contributed by atoms with Crippen LogP contribution in [0.1, 0.15) is 49.8 Å². The zero-order valence-electron chi connectivity index (χ0n) is 14.7. The predicted octanol–water partition coefficient (Wildman–Crippen LogP) is 6.13. The molecule has 0 bridgehead atoms. The average molecular weight is 368 g/mol. The van der Waals surface area contributed by atoms with Crippen LogP contribution in [0, 0.1) is 6.92 Å². The molecule has 1 N–H and O–H groups in total. The molecule has 136 valence electrons. The van der Waals surface area contributed by atoms with E-state index in [1.54, 1.807) is 25.1 Å². The van der Waals surface area contributed by atoms with Crippen LogP contribution in [0.3, 0.4) is 0 Å². The highest BCUT2D eigenvalue weighted by atomic mass is 31.1. The second kappa shape index (κ2) is 7.78. The Morgan fingerprint density at radius 1 is 0.960 bits per heavy atom. The fourth-order valence-corrected chi connectivity index (χ4v) is 5.35. The van der Waals surface area contributed by atoms with Gasteiger partial charge in [0.1, 0.15) is 5.75 Å². The Hall–Kier alpha value is -1.54. The highest BCUT2D eigenvalue weighted by Gasteiger charge is 2.38. The lowest BCUT2D eigenvalue weighted by Gasteiger charge is -2.35. The zero-order chi connectivity index (χ0) is 18.7. The molecule has 0 aromatic heterocycles. The summed E-state index contributed by atoms with van der Waals surface area (Å²) in [5, 5.41) is 10.2. The largest absolute Gasteiger partial charge is 0.508 e. The van der Waals surface area contributed by atoms with E-state index in [9.17, 15) is 18.3 Å². The Balaban J connectivity index is 2.62. The first-order chi connectivity index (χ1) is 11.7. The maximum absolute atomic E-state index is 13.5. The molecule has 25 heavy (non-hydrogen) atoms. The Bertz CT molecular complexity index is 727. The van der Waals surface area contributed by atoms with Gasteiger partial charge in [-0.15, -0.1) is 0 Å².